The Balaban J connectivity index is 1.29. The summed E-state index contributed by atoms with van der Waals surface area (Å²) in [5.41, 5.74) is 1.91. The number of carbonyl (C=O) groups is 1. The van der Waals surface area contributed by atoms with Gasteiger partial charge in [-0.05, 0) is 43.0 Å². The number of aryl methyl sites for hydroxylation is 1. The number of rotatable bonds is 3. The molecular formula is C23H22N2O5. The van der Waals surface area contributed by atoms with Crippen molar-refractivity contribution in [3.05, 3.63) is 74.5 Å². The van der Waals surface area contributed by atoms with Crippen molar-refractivity contribution in [2.24, 2.45) is 5.92 Å². The third kappa shape index (κ3) is 3.30. The molecule has 0 radical (unpaired) electrons. The van der Waals surface area contributed by atoms with E-state index in [-0.39, 0.29) is 29.9 Å². The molecule has 2 atom stereocenters. The number of fused-ring (bicyclic) bond motifs is 5. The molecule has 0 aliphatic carbocycles. The van der Waals surface area contributed by atoms with E-state index >= 15 is 0 Å². The van der Waals surface area contributed by atoms with Crippen molar-refractivity contribution in [2.75, 3.05) is 19.7 Å². The highest BCUT2D eigenvalue weighted by atomic mass is 16.5. The van der Waals surface area contributed by atoms with Crippen LogP contribution < -0.4 is 15.9 Å². The molecule has 154 valence electrons. The lowest BCUT2D eigenvalue weighted by atomic mass is 9.83. The SMILES string of the molecule is Cc1cc(=O)oc2cc(OCC(=O)N3C[C@H]4C[C@@H](C3)c3cccc(=O)n3C4)ccc12. The number of likely N-dealkylation sites (tertiary alicyclic amines) is 1. The van der Waals surface area contributed by atoms with Crippen molar-refractivity contribution >= 4 is 16.9 Å². The van der Waals surface area contributed by atoms with Crippen molar-refractivity contribution in [1.82, 2.24) is 9.47 Å². The van der Waals surface area contributed by atoms with Gasteiger partial charge in [-0.25, -0.2) is 4.79 Å². The van der Waals surface area contributed by atoms with Crippen molar-refractivity contribution in [3.8, 4) is 5.75 Å². The van der Waals surface area contributed by atoms with Gasteiger partial charge >= 0.3 is 5.63 Å². The average molecular weight is 406 g/mol. The second kappa shape index (κ2) is 7.16. The summed E-state index contributed by atoms with van der Waals surface area (Å²) in [6, 6.07) is 12.1. The van der Waals surface area contributed by atoms with Crippen LogP contribution in [0.5, 0.6) is 5.75 Å². The molecule has 2 aliphatic heterocycles. The summed E-state index contributed by atoms with van der Waals surface area (Å²) in [5.74, 6) is 0.854. The monoisotopic (exact) mass is 406 g/mol. The van der Waals surface area contributed by atoms with Crippen molar-refractivity contribution in [3.63, 3.8) is 0 Å². The highest BCUT2D eigenvalue weighted by Gasteiger charge is 2.36. The highest BCUT2D eigenvalue weighted by molar-refractivity contribution is 5.82. The third-order valence-electron chi connectivity index (χ3n) is 6.12. The summed E-state index contributed by atoms with van der Waals surface area (Å²) in [5, 5.41) is 0.839. The predicted molar refractivity (Wildman–Crippen MR) is 111 cm³/mol. The van der Waals surface area contributed by atoms with Crippen molar-refractivity contribution in [1.29, 1.82) is 0 Å². The van der Waals surface area contributed by atoms with E-state index in [0.717, 1.165) is 23.1 Å². The van der Waals surface area contributed by atoms with Crippen LogP contribution in [0.15, 0.2) is 56.5 Å². The Morgan fingerprint density at radius 2 is 2.00 bits per heavy atom. The first-order valence-electron chi connectivity index (χ1n) is 10.1. The number of pyridine rings is 1. The van der Waals surface area contributed by atoms with Gasteiger partial charge in [0.1, 0.15) is 11.3 Å². The van der Waals surface area contributed by atoms with Crippen LogP contribution in [0.3, 0.4) is 0 Å². The summed E-state index contributed by atoms with van der Waals surface area (Å²) in [6.07, 6.45) is 0.997. The molecule has 2 aromatic heterocycles. The van der Waals surface area contributed by atoms with Gasteiger partial charge < -0.3 is 18.6 Å². The minimum atomic E-state index is -0.410. The van der Waals surface area contributed by atoms with Crippen molar-refractivity contribution < 1.29 is 13.9 Å². The number of hydrogen-bond acceptors (Lipinski definition) is 5. The van der Waals surface area contributed by atoms with E-state index in [2.05, 4.69) is 0 Å². The van der Waals surface area contributed by atoms with Crippen LogP contribution in [-0.2, 0) is 11.3 Å². The molecule has 1 aromatic carbocycles. The van der Waals surface area contributed by atoms with Gasteiger partial charge in [-0.15, -0.1) is 0 Å². The van der Waals surface area contributed by atoms with Gasteiger partial charge in [-0.2, -0.15) is 0 Å². The number of carbonyl (C=O) groups excluding carboxylic acids is 1. The van der Waals surface area contributed by atoms with E-state index in [1.807, 2.05) is 28.5 Å². The standard InChI is InChI=1S/C23H22N2O5/c1-14-7-23(28)30-20-9-17(5-6-18(14)20)29-13-22(27)24-10-15-8-16(12-24)19-3-2-4-21(26)25(19)11-15/h2-7,9,15-16H,8,10-13H2,1H3/t15-,16+/m1/s1. The molecule has 0 unspecified atom stereocenters. The summed E-state index contributed by atoms with van der Waals surface area (Å²) >= 11 is 0. The number of amides is 1. The molecule has 1 fully saturated rings. The second-order valence-corrected chi connectivity index (χ2v) is 8.19. The Kier molecular flexibility index (Phi) is 4.46. The molecule has 0 saturated carbocycles. The molecule has 7 heteroatoms. The number of aromatic nitrogens is 1. The molecule has 0 spiro atoms. The van der Waals surface area contributed by atoms with Crippen molar-refractivity contribution in [2.45, 2.75) is 25.8 Å². The number of piperidine rings is 1. The van der Waals surface area contributed by atoms with Crippen LogP contribution in [0.2, 0.25) is 0 Å². The Labute approximate surface area is 172 Å². The lowest BCUT2D eigenvalue weighted by Gasteiger charge is -2.42. The van der Waals surface area contributed by atoms with Gasteiger partial charge in [0, 0.05) is 54.8 Å². The van der Waals surface area contributed by atoms with Crippen LogP contribution in [-0.4, -0.2) is 35.1 Å². The summed E-state index contributed by atoms with van der Waals surface area (Å²) < 4.78 is 12.8. The minimum absolute atomic E-state index is 0.0310. The lowest BCUT2D eigenvalue weighted by molar-refractivity contribution is -0.136. The minimum Gasteiger partial charge on any atom is -0.484 e. The molecule has 3 aromatic rings. The Morgan fingerprint density at radius 1 is 1.13 bits per heavy atom. The van der Waals surface area contributed by atoms with Gasteiger partial charge in [-0.1, -0.05) is 6.07 Å². The summed E-state index contributed by atoms with van der Waals surface area (Å²) in [6.45, 7) is 3.64. The fourth-order valence-electron chi connectivity index (χ4n) is 4.73. The van der Waals surface area contributed by atoms with E-state index in [1.54, 1.807) is 24.3 Å². The fraction of sp³-hybridized carbons (Fsp3) is 0.348. The first kappa shape index (κ1) is 18.7. The quantitative estimate of drug-likeness (QED) is 0.624. The van der Waals surface area contributed by atoms with E-state index in [4.69, 9.17) is 9.15 Å². The zero-order valence-corrected chi connectivity index (χ0v) is 16.7. The normalized spacial score (nSPS) is 20.1. The Bertz CT molecular complexity index is 1260. The topological polar surface area (TPSA) is 81.8 Å². The molecular weight excluding hydrogens is 384 g/mol. The van der Waals surface area contributed by atoms with Gasteiger partial charge in [0.2, 0.25) is 0 Å². The van der Waals surface area contributed by atoms with Crippen LogP contribution in [0.25, 0.3) is 11.0 Å². The van der Waals surface area contributed by atoms with Crippen LogP contribution in [0.1, 0.15) is 23.6 Å². The van der Waals surface area contributed by atoms with E-state index in [1.165, 1.54) is 6.07 Å². The Hall–Kier alpha value is -3.35. The molecule has 1 amide bonds. The smallest absolute Gasteiger partial charge is 0.336 e. The molecule has 5 rings (SSSR count). The summed E-state index contributed by atoms with van der Waals surface area (Å²) in [4.78, 5) is 38.4. The largest absolute Gasteiger partial charge is 0.484 e. The Morgan fingerprint density at radius 3 is 2.87 bits per heavy atom. The van der Waals surface area contributed by atoms with E-state index in [0.29, 0.717) is 31.0 Å². The van der Waals surface area contributed by atoms with Gasteiger partial charge in [0.15, 0.2) is 6.61 Å². The van der Waals surface area contributed by atoms with E-state index in [9.17, 15) is 14.4 Å². The zero-order valence-electron chi connectivity index (χ0n) is 16.7. The molecule has 0 N–H and O–H groups in total. The molecule has 2 aliphatic rings. The maximum atomic E-state index is 12.8. The predicted octanol–water partition coefficient (Wildman–Crippen LogP) is 2.29. The lowest BCUT2D eigenvalue weighted by Crippen LogP contribution is -2.50. The van der Waals surface area contributed by atoms with Gasteiger partial charge in [-0.3, -0.25) is 9.59 Å². The number of benzene rings is 1. The maximum absolute atomic E-state index is 12.8. The number of hydrogen-bond donors (Lipinski definition) is 0. The first-order chi connectivity index (χ1) is 14.5. The highest BCUT2D eigenvalue weighted by Crippen LogP contribution is 2.35. The van der Waals surface area contributed by atoms with Crippen LogP contribution in [0, 0.1) is 12.8 Å². The maximum Gasteiger partial charge on any atom is 0.336 e. The zero-order chi connectivity index (χ0) is 20.8. The molecule has 7 nitrogen and oxygen atoms in total. The summed E-state index contributed by atoms with van der Waals surface area (Å²) in [7, 11) is 0. The number of nitrogens with zero attached hydrogens (tertiary/aromatic N) is 2. The first-order valence-corrected chi connectivity index (χ1v) is 10.1. The fourth-order valence-corrected chi connectivity index (χ4v) is 4.73. The van der Waals surface area contributed by atoms with Crippen LogP contribution in [0.4, 0.5) is 0 Å². The molecule has 30 heavy (non-hydrogen) atoms. The second-order valence-electron chi connectivity index (χ2n) is 8.19. The number of ether oxygens (including phenoxy) is 1. The van der Waals surface area contributed by atoms with E-state index < -0.39 is 5.63 Å². The van der Waals surface area contributed by atoms with Gasteiger partial charge in [0.05, 0.1) is 0 Å². The average Bonchev–Trinajstić information content (AvgIpc) is 2.72. The molecule has 2 bridgehead atoms. The van der Waals surface area contributed by atoms with Crippen LogP contribution >= 0.6 is 0 Å². The molecule has 1 saturated heterocycles. The molecule has 4 heterocycles. The third-order valence-corrected chi connectivity index (χ3v) is 6.12. The van der Waals surface area contributed by atoms with Gasteiger partial charge in [0.25, 0.3) is 11.5 Å².